The Hall–Kier alpha value is -0.0400. The largest absolute Gasteiger partial charge is 0.390 e. The minimum Gasteiger partial charge on any atom is -0.390 e. The van der Waals surface area contributed by atoms with Crippen LogP contribution in [0, 0.1) is 5.92 Å². The minimum atomic E-state index is -0.317. The second kappa shape index (κ2) is 4.99. The molecule has 0 saturated heterocycles. The van der Waals surface area contributed by atoms with Gasteiger partial charge < -0.3 is 5.11 Å². The van der Waals surface area contributed by atoms with Crippen molar-refractivity contribution in [3.05, 3.63) is 0 Å². The maximum atomic E-state index is 10.1. The fourth-order valence-corrected chi connectivity index (χ4v) is 2.51. The monoisotopic (exact) mass is 184 g/mol. The van der Waals surface area contributed by atoms with Crippen molar-refractivity contribution in [3.63, 3.8) is 0 Å². The summed E-state index contributed by atoms with van der Waals surface area (Å²) in [4.78, 5) is 0. The average molecular weight is 184 g/mol. The Labute approximate surface area is 82.5 Å². The smallest absolute Gasteiger partial charge is 0.0645 e. The van der Waals surface area contributed by atoms with Crippen LogP contribution in [0.5, 0.6) is 0 Å². The van der Waals surface area contributed by atoms with Crippen molar-refractivity contribution in [3.8, 4) is 0 Å². The molecule has 0 aromatic heterocycles. The lowest BCUT2D eigenvalue weighted by Gasteiger charge is -2.24. The molecule has 0 heterocycles. The van der Waals surface area contributed by atoms with Gasteiger partial charge in [-0.2, -0.15) is 0 Å². The molecule has 0 radical (unpaired) electrons. The Balaban J connectivity index is 2.39. The molecular weight excluding hydrogens is 160 g/mol. The summed E-state index contributed by atoms with van der Waals surface area (Å²) in [6.07, 6.45) is 9.49. The van der Waals surface area contributed by atoms with Gasteiger partial charge in [-0.3, -0.25) is 0 Å². The topological polar surface area (TPSA) is 20.2 Å². The van der Waals surface area contributed by atoms with Gasteiger partial charge in [-0.25, -0.2) is 0 Å². The predicted molar refractivity (Wildman–Crippen MR) is 56.7 cm³/mol. The van der Waals surface area contributed by atoms with E-state index in [9.17, 15) is 5.11 Å². The van der Waals surface area contributed by atoms with E-state index < -0.39 is 0 Å². The van der Waals surface area contributed by atoms with Crippen LogP contribution in [0.15, 0.2) is 0 Å². The third-order valence-electron chi connectivity index (χ3n) is 3.63. The molecule has 1 rings (SSSR count). The van der Waals surface area contributed by atoms with E-state index in [1.54, 1.807) is 0 Å². The summed E-state index contributed by atoms with van der Waals surface area (Å²) in [7, 11) is 0. The van der Waals surface area contributed by atoms with Crippen LogP contribution in [-0.2, 0) is 0 Å². The van der Waals surface area contributed by atoms with Gasteiger partial charge in [0.15, 0.2) is 0 Å². The molecule has 0 aromatic carbocycles. The molecule has 0 spiro atoms. The van der Waals surface area contributed by atoms with Gasteiger partial charge >= 0.3 is 0 Å². The highest BCUT2D eigenvalue weighted by Crippen LogP contribution is 2.34. The maximum Gasteiger partial charge on any atom is 0.0645 e. The Morgan fingerprint density at radius 1 is 1.23 bits per heavy atom. The Morgan fingerprint density at radius 2 is 2.00 bits per heavy atom. The summed E-state index contributed by atoms with van der Waals surface area (Å²) in [5.41, 5.74) is -0.317. The van der Waals surface area contributed by atoms with Gasteiger partial charge in [0.25, 0.3) is 0 Å². The van der Waals surface area contributed by atoms with Gasteiger partial charge in [0.1, 0.15) is 0 Å². The summed E-state index contributed by atoms with van der Waals surface area (Å²) in [6.45, 7) is 4.37. The molecule has 1 aliphatic carbocycles. The fraction of sp³-hybridized carbons (Fsp3) is 1.00. The first-order valence-corrected chi connectivity index (χ1v) is 5.92. The molecule has 1 saturated carbocycles. The zero-order valence-corrected chi connectivity index (χ0v) is 9.18. The Morgan fingerprint density at radius 3 is 2.62 bits per heavy atom. The van der Waals surface area contributed by atoms with Crippen molar-refractivity contribution in [2.75, 3.05) is 0 Å². The van der Waals surface area contributed by atoms with Gasteiger partial charge in [0, 0.05) is 0 Å². The molecule has 2 atom stereocenters. The average Bonchev–Trinajstić information content (AvgIpc) is 2.31. The van der Waals surface area contributed by atoms with E-state index in [0.29, 0.717) is 0 Å². The summed E-state index contributed by atoms with van der Waals surface area (Å²) < 4.78 is 0. The molecule has 0 aromatic rings. The van der Waals surface area contributed by atoms with Crippen LogP contribution in [0.2, 0.25) is 0 Å². The number of hydrogen-bond acceptors (Lipinski definition) is 1. The number of aliphatic hydroxyl groups is 1. The SMILES string of the molecule is CCCC1CCCC(O)(CC)CC1. The molecule has 13 heavy (non-hydrogen) atoms. The lowest BCUT2D eigenvalue weighted by atomic mass is 9.90. The van der Waals surface area contributed by atoms with Crippen LogP contribution < -0.4 is 0 Å². The van der Waals surface area contributed by atoms with E-state index in [4.69, 9.17) is 0 Å². The van der Waals surface area contributed by atoms with E-state index in [2.05, 4.69) is 13.8 Å². The van der Waals surface area contributed by atoms with Gasteiger partial charge in [-0.15, -0.1) is 0 Å². The predicted octanol–water partition coefficient (Wildman–Crippen LogP) is 3.51. The highest BCUT2D eigenvalue weighted by atomic mass is 16.3. The summed E-state index contributed by atoms with van der Waals surface area (Å²) in [5, 5.41) is 10.1. The standard InChI is InChI=1S/C12H24O/c1-3-6-11-7-5-9-12(13,4-2)10-8-11/h11,13H,3-10H2,1-2H3. The van der Waals surface area contributed by atoms with Crippen LogP contribution >= 0.6 is 0 Å². The Bertz CT molecular complexity index is 144. The summed E-state index contributed by atoms with van der Waals surface area (Å²) in [5.74, 6) is 0.894. The highest BCUT2D eigenvalue weighted by molar-refractivity contribution is 4.81. The second-order valence-corrected chi connectivity index (χ2v) is 4.66. The van der Waals surface area contributed by atoms with Crippen molar-refractivity contribution in [2.24, 2.45) is 5.92 Å². The number of rotatable bonds is 3. The molecular formula is C12H24O. The molecule has 1 fully saturated rings. The van der Waals surface area contributed by atoms with Crippen LogP contribution in [0.25, 0.3) is 0 Å². The van der Waals surface area contributed by atoms with Crippen LogP contribution in [0.1, 0.15) is 65.2 Å². The molecule has 0 bridgehead atoms. The van der Waals surface area contributed by atoms with Crippen molar-refractivity contribution in [1.82, 2.24) is 0 Å². The van der Waals surface area contributed by atoms with Crippen molar-refractivity contribution >= 4 is 0 Å². The molecule has 1 N–H and O–H groups in total. The highest BCUT2D eigenvalue weighted by Gasteiger charge is 2.28. The third kappa shape index (κ3) is 3.30. The van der Waals surface area contributed by atoms with E-state index >= 15 is 0 Å². The van der Waals surface area contributed by atoms with Gasteiger partial charge in [0.2, 0.25) is 0 Å². The first-order chi connectivity index (χ1) is 6.20. The van der Waals surface area contributed by atoms with E-state index in [1.807, 2.05) is 0 Å². The van der Waals surface area contributed by atoms with Crippen molar-refractivity contribution < 1.29 is 5.11 Å². The van der Waals surface area contributed by atoms with Crippen LogP contribution in [-0.4, -0.2) is 10.7 Å². The molecule has 1 nitrogen and oxygen atoms in total. The normalized spacial score (nSPS) is 35.8. The molecule has 0 amide bonds. The van der Waals surface area contributed by atoms with Crippen molar-refractivity contribution in [2.45, 2.75) is 70.8 Å². The second-order valence-electron chi connectivity index (χ2n) is 4.66. The van der Waals surface area contributed by atoms with Crippen LogP contribution in [0.3, 0.4) is 0 Å². The maximum absolute atomic E-state index is 10.1. The quantitative estimate of drug-likeness (QED) is 0.665. The number of hydrogen-bond donors (Lipinski definition) is 1. The third-order valence-corrected chi connectivity index (χ3v) is 3.63. The van der Waals surface area contributed by atoms with Gasteiger partial charge in [-0.05, 0) is 31.6 Å². The van der Waals surface area contributed by atoms with Crippen molar-refractivity contribution in [1.29, 1.82) is 0 Å². The first-order valence-electron chi connectivity index (χ1n) is 5.92. The molecule has 1 heteroatoms. The fourth-order valence-electron chi connectivity index (χ4n) is 2.51. The summed E-state index contributed by atoms with van der Waals surface area (Å²) in [6, 6.07) is 0. The first kappa shape index (κ1) is 11.0. The zero-order valence-electron chi connectivity index (χ0n) is 9.18. The minimum absolute atomic E-state index is 0.317. The molecule has 2 unspecified atom stereocenters. The lowest BCUT2D eigenvalue weighted by Crippen LogP contribution is -2.26. The molecule has 78 valence electrons. The van der Waals surface area contributed by atoms with E-state index in [1.165, 1.54) is 32.1 Å². The molecule has 1 aliphatic rings. The lowest BCUT2D eigenvalue weighted by molar-refractivity contribution is 0.0200. The summed E-state index contributed by atoms with van der Waals surface area (Å²) >= 11 is 0. The van der Waals surface area contributed by atoms with Crippen LogP contribution in [0.4, 0.5) is 0 Å². The zero-order chi connectivity index (χ0) is 9.73. The van der Waals surface area contributed by atoms with Gasteiger partial charge in [0.05, 0.1) is 5.60 Å². The van der Waals surface area contributed by atoms with Gasteiger partial charge in [-0.1, -0.05) is 39.5 Å². The van der Waals surface area contributed by atoms with E-state index in [-0.39, 0.29) is 5.60 Å². The van der Waals surface area contributed by atoms with E-state index in [0.717, 1.165) is 25.2 Å². The Kier molecular flexibility index (Phi) is 4.24. The molecule has 0 aliphatic heterocycles.